The zero-order valence-electron chi connectivity index (χ0n) is 16.2. The van der Waals surface area contributed by atoms with Crippen molar-refractivity contribution in [2.75, 3.05) is 7.11 Å². The van der Waals surface area contributed by atoms with E-state index in [1.165, 1.54) is 13.2 Å². The van der Waals surface area contributed by atoms with E-state index in [1.54, 1.807) is 44.2 Å². The lowest BCUT2D eigenvalue weighted by Gasteiger charge is -2.16. The van der Waals surface area contributed by atoms with E-state index in [0.717, 1.165) is 0 Å². The summed E-state index contributed by atoms with van der Waals surface area (Å²) in [5.41, 5.74) is 0.916. The molecule has 6 nitrogen and oxygen atoms in total. The Kier molecular flexibility index (Phi) is 6.03. The fourth-order valence-electron chi connectivity index (χ4n) is 2.98. The number of esters is 1. The number of carbonyl (C=O) groups is 2. The lowest BCUT2D eigenvalue weighted by atomic mass is 10.0. The number of hydrogen-bond donors (Lipinski definition) is 0. The molecule has 0 radical (unpaired) electrons. The van der Waals surface area contributed by atoms with Gasteiger partial charge in [0.1, 0.15) is 11.3 Å². The molecule has 0 bridgehead atoms. The Morgan fingerprint density at radius 2 is 1.86 bits per heavy atom. The van der Waals surface area contributed by atoms with Gasteiger partial charge in [-0.1, -0.05) is 41.9 Å². The monoisotopic (exact) mass is 414 g/mol. The molecule has 0 N–H and O–H groups in total. The molecule has 0 unspecified atom stereocenters. The maximum absolute atomic E-state index is 12.5. The largest absolute Gasteiger partial charge is 0.481 e. The number of ether oxygens (including phenoxy) is 2. The zero-order valence-corrected chi connectivity index (χ0v) is 16.9. The summed E-state index contributed by atoms with van der Waals surface area (Å²) in [7, 11) is 1.25. The van der Waals surface area contributed by atoms with Gasteiger partial charge in [-0.25, -0.2) is 4.79 Å². The highest BCUT2D eigenvalue weighted by Crippen LogP contribution is 2.33. The fraction of sp³-hybridized carbons (Fsp3) is 0.227. The molecule has 0 amide bonds. The van der Waals surface area contributed by atoms with Crippen molar-refractivity contribution in [3.63, 3.8) is 0 Å². The minimum Gasteiger partial charge on any atom is -0.481 e. The number of halogens is 1. The molecule has 0 aliphatic heterocycles. The van der Waals surface area contributed by atoms with Crippen LogP contribution in [0.4, 0.5) is 0 Å². The van der Waals surface area contributed by atoms with Crippen LogP contribution in [0.25, 0.3) is 11.0 Å². The van der Waals surface area contributed by atoms with Crippen LogP contribution in [-0.2, 0) is 16.0 Å². The summed E-state index contributed by atoms with van der Waals surface area (Å²) >= 11 is 6.35. The van der Waals surface area contributed by atoms with Crippen molar-refractivity contribution in [3.8, 4) is 5.75 Å². The summed E-state index contributed by atoms with van der Waals surface area (Å²) in [4.78, 5) is 36.4. The summed E-state index contributed by atoms with van der Waals surface area (Å²) < 4.78 is 15.7. The highest BCUT2D eigenvalue weighted by molar-refractivity contribution is 6.32. The maximum Gasteiger partial charge on any atom is 0.340 e. The minimum atomic E-state index is -0.793. The standard InChI is InChI=1S/C22H19ClO6/c1-12-15-9-17(23)19(28-13(2)21(25)14-7-5-4-6-8-14)11-18(15)29-22(26)16(12)10-20(24)27-3/h4-9,11,13H,10H2,1-3H3/t13-/m1/s1. The Morgan fingerprint density at radius 3 is 2.52 bits per heavy atom. The predicted octanol–water partition coefficient (Wildman–Crippen LogP) is 4.12. The first kappa shape index (κ1) is 20.6. The Hall–Kier alpha value is -3.12. The smallest absolute Gasteiger partial charge is 0.340 e. The number of ketones is 1. The van der Waals surface area contributed by atoms with Crippen LogP contribution in [0.2, 0.25) is 5.02 Å². The number of rotatable bonds is 6. The van der Waals surface area contributed by atoms with E-state index in [2.05, 4.69) is 4.74 Å². The van der Waals surface area contributed by atoms with Crippen LogP contribution in [0.1, 0.15) is 28.4 Å². The highest BCUT2D eigenvalue weighted by Gasteiger charge is 2.20. The van der Waals surface area contributed by atoms with E-state index < -0.39 is 17.7 Å². The van der Waals surface area contributed by atoms with Crippen molar-refractivity contribution in [2.45, 2.75) is 26.4 Å². The lowest BCUT2D eigenvalue weighted by Crippen LogP contribution is -2.24. The third-order valence-corrected chi connectivity index (χ3v) is 4.92. The quantitative estimate of drug-likeness (QED) is 0.343. The van der Waals surface area contributed by atoms with E-state index >= 15 is 0 Å². The van der Waals surface area contributed by atoms with Crippen molar-refractivity contribution in [2.24, 2.45) is 0 Å². The molecule has 0 saturated carbocycles. The number of carbonyl (C=O) groups excluding carboxylic acids is 2. The average molecular weight is 415 g/mol. The molecule has 3 aromatic rings. The van der Waals surface area contributed by atoms with Crippen LogP contribution in [0.15, 0.2) is 51.7 Å². The molecule has 3 rings (SSSR count). The van der Waals surface area contributed by atoms with Gasteiger partial charge in [0.25, 0.3) is 0 Å². The SMILES string of the molecule is COC(=O)Cc1c(C)c2cc(Cl)c(O[C@H](C)C(=O)c3ccccc3)cc2oc1=O. The van der Waals surface area contributed by atoms with Gasteiger partial charge in [-0.15, -0.1) is 0 Å². The summed E-state index contributed by atoms with van der Waals surface area (Å²) in [6, 6.07) is 11.8. The molecule has 29 heavy (non-hydrogen) atoms. The Bertz CT molecular complexity index is 1130. The molecule has 2 aromatic carbocycles. The van der Waals surface area contributed by atoms with Crippen LogP contribution < -0.4 is 10.4 Å². The topological polar surface area (TPSA) is 82.8 Å². The fourth-order valence-corrected chi connectivity index (χ4v) is 3.19. The molecule has 1 aromatic heterocycles. The lowest BCUT2D eigenvalue weighted by molar-refractivity contribution is -0.139. The van der Waals surface area contributed by atoms with Crippen molar-refractivity contribution in [1.82, 2.24) is 0 Å². The first-order valence-electron chi connectivity index (χ1n) is 8.90. The third kappa shape index (κ3) is 4.32. The van der Waals surface area contributed by atoms with Gasteiger partial charge >= 0.3 is 11.6 Å². The van der Waals surface area contributed by atoms with Gasteiger partial charge in [0.15, 0.2) is 6.10 Å². The van der Waals surface area contributed by atoms with Gasteiger partial charge in [0, 0.05) is 17.0 Å². The van der Waals surface area contributed by atoms with E-state index in [1.807, 2.05) is 6.07 Å². The van der Waals surface area contributed by atoms with Gasteiger partial charge in [0.05, 0.1) is 24.1 Å². The van der Waals surface area contributed by atoms with E-state index in [9.17, 15) is 14.4 Å². The molecule has 1 atom stereocenters. The molecule has 150 valence electrons. The first-order valence-corrected chi connectivity index (χ1v) is 9.28. The number of methoxy groups -OCH3 is 1. The number of Topliss-reactive ketones (excluding diaryl/α,β-unsaturated/α-hetero) is 1. The first-order chi connectivity index (χ1) is 13.8. The van der Waals surface area contributed by atoms with Crippen LogP contribution in [0.3, 0.4) is 0 Å². The minimum absolute atomic E-state index is 0.195. The summed E-state index contributed by atoms with van der Waals surface area (Å²) in [6.45, 7) is 3.33. The molecule has 1 heterocycles. The predicted molar refractivity (Wildman–Crippen MR) is 109 cm³/mol. The number of fused-ring (bicyclic) bond motifs is 1. The van der Waals surface area contributed by atoms with Gasteiger partial charge in [-0.3, -0.25) is 9.59 Å². The Labute approximate surface area is 172 Å². The van der Waals surface area contributed by atoms with Gasteiger partial charge < -0.3 is 13.9 Å². The zero-order chi connectivity index (χ0) is 21.1. The van der Waals surface area contributed by atoms with E-state index in [-0.39, 0.29) is 34.1 Å². The highest BCUT2D eigenvalue weighted by atomic mass is 35.5. The van der Waals surface area contributed by atoms with Gasteiger partial charge in [0.2, 0.25) is 5.78 Å². The Morgan fingerprint density at radius 1 is 1.17 bits per heavy atom. The molecule has 0 aliphatic rings. The molecular formula is C22H19ClO6. The summed E-state index contributed by atoms with van der Waals surface area (Å²) in [6.07, 6.45) is -0.988. The second kappa shape index (κ2) is 8.49. The van der Waals surface area contributed by atoms with Crippen LogP contribution in [-0.4, -0.2) is 25.0 Å². The van der Waals surface area contributed by atoms with Crippen molar-refractivity contribution in [3.05, 3.63) is 74.6 Å². The van der Waals surface area contributed by atoms with Crippen molar-refractivity contribution in [1.29, 1.82) is 0 Å². The molecule has 0 saturated heterocycles. The number of benzene rings is 2. The second-order valence-corrected chi connectivity index (χ2v) is 6.92. The normalized spacial score (nSPS) is 11.9. The molecule has 0 aliphatic carbocycles. The van der Waals surface area contributed by atoms with E-state index in [4.69, 9.17) is 20.8 Å². The van der Waals surface area contributed by atoms with Crippen molar-refractivity contribution < 1.29 is 23.5 Å². The third-order valence-electron chi connectivity index (χ3n) is 4.62. The van der Waals surface area contributed by atoms with Crippen LogP contribution in [0.5, 0.6) is 5.75 Å². The van der Waals surface area contributed by atoms with Gasteiger partial charge in [-0.2, -0.15) is 0 Å². The molecular weight excluding hydrogens is 396 g/mol. The average Bonchev–Trinajstić information content (AvgIpc) is 2.72. The van der Waals surface area contributed by atoms with Crippen molar-refractivity contribution >= 4 is 34.3 Å². The number of aryl methyl sites for hydroxylation is 1. The summed E-state index contributed by atoms with van der Waals surface area (Å²) in [5.74, 6) is -0.522. The van der Waals surface area contributed by atoms with Crippen LogP contribution >= 0.6 is 11.6 Å². The van der Waals surface area contributed by atoms with Gasteiger partial charge in [-0.05, 0) is 25.5 Å². The number of hydrogen-bond acceptors (Lipinski definition) is 6. The maximum atomic E-state index is 12.5. The molecule has 0 spiro atoms. The Balaban J connectivity index is 1.95. The van der Waals surface area contributed by atoms with Crippen LogP contribution in [0, 0.1) is 6.92 Å². The molecule has 0 fully saturated rings. The second-order valence-electron chi connectivity index (χ2n) is 6.52. The van der Waals surface area contributed by atoms with E-state index in [0.29, 0.717) is 16.5 Å². The molecule has 7 heteroatoms. The summed E-state index contributed by atoms with van der Waals surface area (Å²) in [5, 5.41) is 0.828.